The SMILES string of the molecule is CC(C)C(C)C(N)C1(C)CCCS1. The lowest BCUT2D eigenvalue weighted by molar-refractivity contribution is 0.295. The van der Waals surface area contributed by atoms with E-state index in [4.69, 9.17) is 5.73 Å². The maximum absolute atomic E-state index is 6.34. The molecule has 1 fully saturated rings. The molecule has 0 bridgehead atoms. The fourth-order valence-corrected chi connectivity index (χ4v) is 3.49. The van der Waals surface area contributed by atoms with Crippen LogP contribution < -0.4 is 5.73 Å². The van der Waals surface area contributed by atoms with Crippen molar-refractivity contribution >= 4 is 11.8 Å². The molecule has 3 unspecified atom stereocenters. The average Bonchev–Trinajstić information content (AvgIpc) is 2.50. The van der Waals surface area contributed by atoms with Crippen LogP contribution in [0.25, 0.3) is 0 Å². The zero-order chi connectivity index (χ0) is 10.1. The topological polar surface area (TPSA) is 26.0 Å². The van der Waals surface area contributed by atoms with Gasteiger partial charge >= 0.3 is 0 Å². The largest absolute Gasteiger partial charge is 0.326 e. The van der Waals surface area contributed by atoms with Crippen LogP contribution >= 0.6 is 11.8 Å². The Morgan fingerprint density at radius 3 is 2.31 bits per heavy atom. The van der Waals surface area contributed by atoms with Crippen molar-refractivity contribution in [2.45, 2.75) is 51.3 Å². The van der Waals surface area contributed by atoms with Crippen LogP contribution in [0.3, 0.4) is 0 Å². The Balaban J connectivity index is 2.59. The maximum atomic E-state index is 6.34. The Hall–Kier alpha value is 0.310. The van der Waals surface area contributed by atoms with Gasteiger partial charge in [-0.2, -0.15) is 11.8 Å². The summed E-state index contributed by atoms with van der Waals surface area (Å²) in [5, 5.41) is 0. The van der Waals surface area contributed by atoms with Crippen molar-refractivity contribution in [1.82, 2.24) is 0 Å². The van der Waals surface area contributed by atoms with Gasteiger partial charge in [0, 0.05) is 10.8 Å². The summed E-state index contributed by atoms with van der Waals surface area (Å²) in [4.78, 5) is 0. The van der Waals surface area contributed by atoms with Gasteiger partial charge in [0.25, 0.3) is 0 Å². The van der Waals surface area contributed by atoms with Crippen LogP contribution in [0.2, 0.25) is 0 Å². The zero-order valence-corrected chi connectivity index (χ0v) is 10.2. The molecule has 0 aromatic heterocycles. The maximum Gasteiger partial charge on any atom is 0.0285 e. The smallest absolute Gasteiger partial charge is 0.0285 e. The van der Waals surface area contributed by atoms with Gasteiger partial charge in [0.2, 0.25) is 0 Å². The van der Waals surface area contributed by atoms with Crippen LogP contribution in [0.4, 0.5) is 0 Å². The standard InChI is InChI=1S/C11H23NS/c1-8(2)9(3)10(12)11(4)6-5-7-13-11/h8-10H,5-7,12H2,1-4H3. The molecule has 0 radical (unpaired) electrons. The lowest BCUT2D eigenvalue weighted by Gasteiger charge is -2.36. The third-order valence-electron chi connectivity index (χ3n) is 3.57. The Kier molecular flexibility index (Phi) is 3.70. The first-order valence-electron chi connectivity index (χ1n) is 5.37. The fraction of sp³-hybridized carbons (Fsp3) is 1.00. The second-order valence-corrected chi connectivity index (χ2v) is 6.52. The summed E-state index contributed by atoms with van der Waals surface area (Å²) in [6.07, 6.45) is 2.65. The van der Waals surface area contributed by atoms with Gasteiger partial charge in [-0.25, -0.2) is 0 Å². The first-order chi connectivity index (χ1) is 5.97. The number of nitrogens with two attached hydrogens (primary N) is 1. The van der Waals surface area contributed by atoms with Crippen molar-refractivity contribution in [2.75, 3.05) is 5.75 Å². The molecule has 0 amide bonds. The van der Waals surface area contributed by atoms with Gasteiger partial charge in [-0.3, -0.25) is 0 Å². The van der Waals surface area contributed by atoms with E-state index < -0.39 is 0 Å². The van der Waals surface area contributed by atoms with Gasteiger partial charge in [-0.15, -0.1) is 0 Å². The fourth-order valence-electron chi connectivity index (χ4n) is 2.03. The molecule has 0 aliphatic carbocycles. The van der Waals surface area contributed by atoms with Crippen molar-refractivity contribution in [3.63, 3.8) is 0 Å². The van der Waals surface area contributed by atoms with E-state index in [1.165, 1.54) is 18.6 Å². The van der Waals surface area contributed by atoms with Gasteiger partial charge in [0.05, 0.1) is 0 Å². The predicted molar refractivity (Wildman–Crippen MR) is 62.1 cm³/mol. The molecule has 0 spiro atoms. The summed E-state index contributed by atoms with van der Waals surface area (Å²) >= 11 is 2.07. The van der Waals surface area contributed by atoms with Crippen LogP contribution in [0, 0.1) is 11.8 Å². The molecule has 0 aromatic carbocycles. The number of hydrogen-bond donors (Lipinski definition) is 1. The van der Waals surface area contributed by atoms with E-state index in [1.54, 1.807) is 0 Å². The highest BCUT2D eigenvalue weighted by molar-refractivity contribution is 8.00. The number of thioether (sulfide) groups is 1. The molecule has 3 atom stereocenters. The van der Waals surface area contributed by atoms with Gasteiger partial charge in [-0.1, -0.05) is 20.8 Å². The third-order valence-corrected chi connectivity index (χ3v) is 5.20. The minimum atomic E-state index is 0.351. The first kappa shape index (κ1) is 11.4. The molecule has 1 nitrogen and oxygen atoms in total. The highest BCUT2D eigenvalue weighted by Gasteiger charge is 2.38. The summed E-state index contributed by atoms with van der Waals surface area (Å²) < 4.78 is 0.351. The van der Waals surface area contributed by atoms with Crippen LogP contribution in [0.1, 0.15) is 40.5 Å². The van der Waals surface area contributed by atoms with Crippen LogP contribution in [-0.4, -0.2) is 16.5 Å². The monoisotopic (exact) mass is 201 g/mol. The van der Waals surface area contributed by atoms with Crippen molar-refractivity contribution in [2.24, 2.45) is 17.6 Å². The molecule has 13 heavy (non-hydrogen) atoms. The minimum absolute atomic E-state index is 0.351. The van der Waals surface area contributed by atoms with Crippen molar-refractivity contribution < 1.29 is 0 Å². The van der Waals surface area contributed by atoms with Crippen molar-refractivity contribution in [3.05, 3.63) is 0 Å². The van der Waals surface area contributed by atoms with E-state index in [0.717, 1.165) is 0 Å². The van der Waals surface area contributed by atoms with Crippen LogP contribution in [-0.2, 0) is 0 Å². The molecule has 1 saturated heterocycles. The normalized spacial score (nSPS) is 33.7. The van der Waals surface area contributed by atoms with E-state index in [-0.39, 0.29) is 0 Å². The van der Waals surface area contributed by atoms with Crippen molar-refractivity contribution in [3.8, 4) is 0 Å². The van der Waals surface area contributed by atoms with Gasteiger partial charge in [0.1, 0.15) is 0 Å². The molecule has 78 valence electrons. The highest BCUT2D eigenvalue weighted by Crippen LogP contribution is 2.42. The molecule has 1 aliphatic rings. The molecule has 1 heterocycles. The Labute approximate surface area is 86.8 Å². The second kappa shape index (κ2) is 4.22. The summed E-state index contributed by atoms with van der Waals surface area (Å²) in [5.74, 6) is 2.64. The average molecular weight is 201 g/mol. The molecule has 1 rings (SSSR count). The number of rotatable bonds is 3. The number of hydrogen-bond acceptors (Lipinski definition) is 2. The van der Waals surface area contributed by atoms with Gasteiger partial charge in [0.15, 0.2) is 0 Å². The Morgan fingerprint density at radius 1 is 1.31 bits per heavy atom. The molecular formula is C11H23NS. The summed E-state index contributed by atoms with van der Waals surface area (Å²) in [5.41, 5.74) is 6.34. The third kappa shape index (κ3) is 2.41. The van der Waals surface area contributed by atoms with Crippen LogP contribution in [0.5, 0.6) is 0 Å². The van der Waals surface area contributed by atoms with Crippen molar-refractivity contribution in [1.29, 1.82) is 0 Å². The zero-order valence-electron chi connectivity index (χ0n) is 9.34. The van der Waals surface area contributed by atoms with E-state index in [1.807, 2.05) is 0 Å². The molecular weight excluding hydrogens is 178 g/mol. The minimum Gasteiger partial charge on any atom is -0.326 e. The summed E-state index contributed by atoms with van der Waals surface area (Å²) in [6.45, 7) is 9.18. The molecule has 1 aliphatic heterocycles. The van der Waals surface area contributed by atoms with Crippen LogP contribution in [0.15, 0.2) is 0 Å². The Bertz CT molecular complexity index is 161. The van der Waals surface area contributed by atoms with Gasteiger partial charge in [-0.05, 0) is 37.4 Å². The quantitative estimate of drug-likeness (QED) is 0.760. The molecule has 0 aromatic rings. The van der Waals surface area contributed by atoms with E-state index >= 15 is 0 Å². The molecule has 2 heteroatoms. The summed E-state index contributed by atoms with van der Waals surface area (Å²) in [6, 6.07) is 0.361. The van der Waals surface area contributed by atoms with E-state index in [2.05, 4.69) is 39.5 Å². The van der Waals surface area contributed by atoms with E-state index in [0.29, 0.717) is 22.6 Å². The first-order valence-corrected chi connectivity index (χ1v) is 6.35. The van der Waals surface area contributed by atoms with Gasteiger partial charge < -0.3 is 5.73 Å². The second-order valence-electron chi connectivity index (χ2n) is 4.89. The highest BCUT2D eigenvalue weighted by atomic mass is 32.2. The lowest BCUT2D eigenvalue weighted by Crippen LogP contribution is -2.47. The molecule has 0 saturated carbocycles. The molecule has 2 N–H and O–H groups in total. The van der Waals surface area contributed by atoms with E-state index in [9.17, 15) is 0 Å². The summed E-state index contributed by atoms with van der Waals surface area (Å²) in [7, 11) is 0. The lowest BCUT2D eigenvalue weighted by atomic mass is 9.82. The predicted octanol–water partition coefficient (Wildman–Crippen LogP) is 2.89. The Morgan fingerprint density at radius 2 is 1.92 bits per heavy atom.